The van der Waals surface area contributed by atoms with Crippen LogP contribution in [0.1, 0.15) is 22.7 Å². The average Bonchev–Trinajstić information content (AvgIpc) is 2.86. The Kier molecular flexibility index (Phi) is 3.79. The number of anilines is 1. The number of hydrogen-bond acceptors (Lipinski definition) is 3. The fourth-order valence-electron chi connectivity index (χ4n) is 1.61. The van der Waals surface area contributed by atoms with E-state index in [-0.39, 0.29) is 6.04 Å². The van der Waals surface area contributed by atoms with Crippen LogP contribution in [0.3, 0.4) is 0 Å². The Morgan fingerprint density at radius 2 is 2.00 bits per heavy atom. The maximum atomic E-state index is 9.22. The van der Waals surface area contributed by atoms with Gasteiger partial charge in [0.2, 0.25) is 0 Å². The molecule has 0 amide bonds. The van der Waals surface area contributed by atoms with Gasteiger partial charge in [-0.2, -0.15) is 5.26 Å². The zero-order valence-electron chi connectivity index (χ0n) is 9.68. The lowest BCUT2D eigenvalue weighted by molar-refractivity contribution is 1.03. The summed E-state index contributed by atoms with van der Waals surface area (Å²) < 4.78 is 0. The molecule has 1 atom stereocenters. The van der Waals surface area contributed by atoms with Gasteiger partial charge in [0.15, 0.2) is 0 Å². The molecule has 0 saturated heterocycles. The molecule has 1 heterocycles. The van der Waals surface area contributed by atoms with Crippen molar-refractivity contribution in [1.29, 1.82) is 5.26 Å². The van der Waals surface area contributed by atoms with E-state index in [1.165, 1.54) is 4.88 Å². The fraction of sp³-hybridized carbons (Fsp3) is 0.214. The van der Waals surface area contributed by atoms with Crippen LogP contribution in [0, 0.1) is 11.3 Å². The van der Waals surface area contributed by atoms with Gasteiger partial charge in [-0.25, -0.2) is 0 Å². The molecular formula is C14H14N2S. The van der Waals surface area contributed by atoms with Gasteiger partial charge in [-0.15, -0.1) is 11.3 Å². The number of benzene rings is 1. The van der Waals surface area contributed by atoms with Gasteiger partial charge in [-0.1, -0.05) is 25.1 Å². The number of hydrogen-bond donors (Lipinski definition) is 1. The van der Waals surface area contributed by atoms with E-state index in [0.29, 0.717) is 0 Å². The third-order valence-corrected chi connectivity index (χ3v) is 3.82. The van der Waals surface area contributed by atoms with Gasteiger partial charge < -0.3 is 5.32 Å². The van der Waals surface area contributed by atoms with E-state index in [2.05, 4.69) is 24.4 Å². The van der Waals surface area contributed by atoms with Crippen molar-refractivity contribution < 1.29 is 0 Å². The molecule has 1 N–H and O–H groups in total. The molecule has 0 aliphatic carbocycles. The Morgan fingerprint density at radius 1 is 1.24 bits per heavy atom. The summed E-state index contributed by atoms with van der Waals surface area (Å²) in [4.78, 5) is 2.39. The van der Waals surface area contributed by atoms with E-state index in [1.807, 2.05) is 36.4 Å². The van der Waals surface area contributed by atoms with Crippen LogP contribution in [-0.2, 0) is 6.42 Å². The highest BCUT2D eigenvalue weighted by atomic mass is 32.1. The zero-order valence-corrected chi connectivity index (χ0v) is 10.5. The molecule has 1 unspecified atom stereocenters. The second-order valence-electron chi connectivity index (χ2n) is 3.73. The Hall–Kier alpha value is -1.79. The molecule has 2 aromatic rings. The maximum absolute atomic E-state index is 9.22. The van der Waals surface area contributed by atoms with Crippen molar-refractivity contribution in [1.82, 2.24) is 0 Å². The third-order valence-electron chi connectivity index (χ3n) is 2.53. The quantitative estimate of drug-likeness (QED) is 0.880. The number of thiophene rings is 1. The average molecular weight is 242 g/mol. The first kappa shape index (κ1) is 11.7. The Bertz CT molecular complexity index is 511. The lowest BCUT2D eigenvalue weighted by Gasteiger charge is -2.10. The second-order valence-corrected chi connectivity index (χ2v) is 4.93. The molecule has 17 heavy (non-hydrogen) atoms. The maximum Gasteiger partial charge on any atom is 0.149 e. The van der Waals surface area contributed by atoms with Crippen LogP contribution in [-0.4, -0.2) is 0 Å². The minimum Gasteiger partial charge on any atom is -0.366 e. The van der Waals surface area contributed by atoms with E-state index in [4.69, 9.17) is 0 Å². The number of para-hydroxylation sites is 1. The summed E-state index contributed by atoms with van der Waals surface area (Å²) in [6.07, 6.45) is 1.02. The SMILES string of the molecule is CCc1ccc(C(C#N)Nc2ccccc2)s1. The molecule has 0 saturated carbocycles. The van der Waals surface area contributed by atoms with E-state index in [9.17, 15) is 5.26 Å². The largest absolute Gasteiger partial charge is 0.366 e. The van der Waals surface area contributed by atoms with Crippen LogP contribution < -0.4 is 5.32 Å². The van der Waals surface area contributed by atoms with Crippen LogP contribution in [0.2, 0.25) is 0 Å². The first-order valence-corrected chi connectivity index (χ1v) is 6.45. The summed E-state index contributed by atoms with van der Waals surface area (Å²) in [5.41, 5.74) is 0.977. The summed E-state index contributed by atoms with van der Waals surface area (Å²) in [5, 5.41) is 12.4. The van der Waals surface area contributed by atoms with Gasteiger partial charge in [0.25, 0.3) is 0 Å². The number of nitrogens with zero attached hydrogens (tertiary/aromatic N) is 1. The first-order valence-electron chi connectivity index (χ1n) is 5.63. The highest BCUT2D eigenvalue weighted by Crippen LogP contribution is 2.26. The Morgan fingerprint density at radius 3 is 2.59 bits per heavy atom. The van der Waals surface area contributed by atoms with Crippen LogP contribution in [0.15, 0.2) is 42.5 Å². The molecule has 86 valence electrons. The summed E-state index contributed by atoms with van der Waals surface area (Å²) >= 11 is 1.70. The van der Waals surface area contributed by atoms with Crippen molar-refractivity contribution in [3.05, 3.63) is 52.2 Å². The molecule has 0 radical (unpaired) electrons. The predicted octanol–water partition coefficient (Wildman–Crippen LogP) is 3.99. The minimum atomic E-state index is -0.261. The molecule has 0 aliphatic rings. The van der Waals surface area contributed by atoms with Crippen LogP contribution in [0.25, 0.3) is 0 Å². The van der Waals surface area contributed by atoms with Crippen LogP contribution in [0.4, 0.5) is 5.69 Å². The van der Waals surface area contributed by atoms with Gasteiger partial charge in [-0.3, -0.25) is 0 Å². The normalized spacial score (nSPS) is 11.8. The summed E-state index contributed by atoms with van der Waals surface area (Å²) in [6, 6.07) is 16.0. The number of aryl methyl sites for hydroxylation is 1. The smallest absolute Gasteiger partial charge is 0.149 e. The van der Waals surface area contributed by atoms with Crippen molar-refractivity contribution in [3.63, 3.8) is 0 Å². The molecular weight excluding hydrogens is 228 g/mol. The molecule has 2 rings (SSSR count). The monoisotopic (exact) mass is 242 g/mol. The summed E-state index contributed by atoms with van der Waals surface area (Å²) in [6.45, 7) is 2.13. The van der Waals surface area contributed by atoms with Gasteiger partial charge in [-0.05, 0) is 30.7 Å². The Balaban J connectivity index is 2.15. The lowest BCUT2D eigenvalue weighted by atomic mass is 10.2. The topological polar surface area (TPSA) is 35.8 Å². The summed E-state index contributed by atoms with van der Waals surface area (Å²) in [7, 11) is 0. The predicted molar refractivity (Wildman–Crippen MR) is 72.1 cm³/mol. The van der Waals surface area contributed by atoms with Crippen molar-refractivity contribution in [2.24, 2.45) is 0 Å². The van der Waals surface area contributed by atoms with Crippen molar-refractivity contribution in [2.75, 3.05) is 5.32 Å². The van der Waals surface area contributed by atoms with E-state index >= 15 is 0 Å². The lowest BCUT2D eigenvalue weighted by Crippen LogP contribution is -2.06. The summed E-state index contributed by atoms with van der Waals surface area (Å²) in [5.74, 6) is 0. The molecule has 0 bridgehead atoms. The van der Waals surface area contributed by atoms with Crippen molar-refractivity contribution in [3.8, 4) is 6.07 Å². The molecule has 0 fully saturated rings. The van der Waals surface area contributed by atoms with E-state index in [1.54, 1.807) is 11.3 Å². The number of nitrogens with one attached hydrogen (secondary N) is 1. The second kappa shape index (κ2) is 5.51. The van der Waals surface area contributed by atoms with Crippen molar-refractivity contribution in [2.45, 2.75) is 19.4 Å². The first-order chi connectivity index (χ1) is 8.33. The van der Waals surface area contributed by atoms with E-state index in [0.717, 1.165) is 17.0 Å². The van der Waals surface area contributed by atoms with Crippen molar-refractivity contribution >= 4 is 17.0 Å². The van der Waals surface area contributed by atoms with Gasteiger partial charge in [0, 0.05) is 15.4 Å². The fourth-order valence-corrected chi connectivity index (χ4v) is 2.56. The molecule has 0 aliphatic heterocycles. The van der Waals surface area contributed by atoms with Gasteiger partial charge >= 0.3 is 0 Å². The molecule has 0 spiro atoms. The van der Waals surface area contributed by atoms with Crippen LogP contribution >= 0.6 is 11.3 Å². The molecule has 1 aromatic carbocycles. The standard InChI is InChI=1S/C14H14N2S/c1-2-12-8-9-14(17-12)13(10-15)16-11-6-4-3-5-7-11/h3-9,13,16H,2H2,1H3. The zero-order chi connectivity index (χ0) is 12.1. The van der Waals surface area contributed by atoms with Crippen LogP contribution in [0.5, 0.6) is 0 Å². The molecule has 2 nitrogen and oxygen atoms in total. The highest BCUT2D eigenvalue weighted by molar-refractivity contribution is 7.12. The van der Waals surface area contributed by atoms with Gasteiger partial charge in [0.1, 0.15) is 6.04 Å². The third kappa shape index (κ3) is 2.86. The highest BCUT2D eigenvalue weighted by Gasteiger charge is 2.12. The minimum absolute atomic E-state index is 0.261. The number of nitriles is 1. The molecule has 1 aromatic heterocycles. The Labute approximate surface area is 106 Å². The number of rotatable bonds is 4. The molecule has 3 heteroatoms. The van der Waals surface area contributed by atoms with Gasteiger partial charge in [0.05, 0.1) is 6.07 Å². The van der Waals surface area contributed by atoms with E-state index < -0.39 is 0 Å².